The Morgan fingerprint density at radius 2 is 1.26 bits per heavy atom. The zero-order chi connectivity index (χ0) is 26.0. The van der Waals surface area contributed by atoms with Gasteiger partial charge >= 0.3 is 23.9 Å². The molecular weight excluding hydrogens is 548 g/mol. The molecule has 2 aromatic carbocycles. The zero-order valence-electron chi connectivity index (χ0n) is 18.8. The van der Waals surface area contributed by atoms with Crippen LogP contribution in [-0.2, 0) is 38.1 Å². The number of rotatable bonds is 11. The smallest absolute Gasteiger partial charge is 0.323 e. The fraction of sp³-hybridized carbons (Fsp3) is 0.292. The highest BCUT2D eigenvalue weighted by Crippen LogP contribution is 2.33. The molecule has 0 radical (unpaired) electrons. The van der Waals surface area contributed by atoms with Crippen molar-refractivity contribution < 1.29 is 42.9 Å². The number of carbonyl (C=O) groups is 5. The van der Waals surface area contributed by atoms with Crippen molar-refractivity contribution in [2.24, 2.45) is 5.92 Å². The van der Waals surface area contributed by atoms with Gasteiger partial charge in [0.25, 0.3) is 0 Å². The summed E-state index contributed by atoms with van der Waals surface area (Å²) in [7, 11) is 0. The van der Waals surface area contributed by atoms with Crippen LogP contribution in [0.25, 0.3) is 0 Å². The van der Waals surface area contributed by atoms with Gasteiger partial charge in [0.05, 0.1) is 0 Å². The maximum absolute atomic E-state index is 13.1. The molecule has 0 fully saturated rings. The van der Waals surface area contributed by atoms with Gasteiger partial charge in [-0.3, -0.25) is 24.0 Å². The monoisotopic (exact) mass is 568 g/mol. The number of Topliss-reactive ketones (excluding diaryl/α,β-unsaturated/α-hetero) is 1. The van der Waals surface area contributed by atoms with Crippen molar-refractivity contribution in [2.45, 2.75) is 26.2 Å². The van der Waals surface area contributed by atoms with E-state index in [4.69, 9.17) is 21.1 Å². The van der Waals surface area contributed by atoms with Crippen LogP contribution in [0.1, 0.15) is 42.1 Å². The van der Waals surface area contributed by atoms with Crippen LogP contribution in [0.3, 0.4) is 0 Å². The number of esters is 4. The van der Waals surface area contributed by atoms with Crippen molar-refractivity contribution in [3.63, 3.8) is 0 Å². The Hall–Kier alpha value is -3.24. The molecule has 0 aliphatic rings. The second-order valence-electron chi connectivity index (χ2n) is 7.20. The summed E-state index contributed by atoms with van der Waals surface area (Å²) in [6.07, 6.45) is -0.279. The van der Waals surface area contributed by atoms with Gasteiger partial charge < -0.3 is 18.9 Å². The molecule has 2 aromatic rings. The van der Waals surface area contributed by atoms with Crippen molar-refractivity contribution >= 4 is 57.2 Å². The van der Waals surface area contributed by atoms with Crippen molar-refractivity contribution in [1.82, 2.24) is 0 Å². The molecule has 0 N–H and O–H groups in total. The lowest BCUT2D eigenvalue weighted by molar-refractivity contribution is -0.179. The molecule has 0 saturated heterocycles. The number of hydrogen-bond donors (Lipinski definition) is 0. The van der Waals surface area contributed by atoms with E-state index >= 15 is 0 Å². The van der Waals surface area contributed by atoms with E-state index in [1.54, 1.807) is 48.5 Å². The van der Waals surface area contributed by atoms with E-state index in [0.717, 1.165) is 18.3 Å². The highest BCUT2D eigenvalue weighted by molar-refractivity contribution is 9.10. The number of benzene rings is 2. The first-order valence-corrected chi connectivity index (χ1v) is 11.4. The first kappa shape index (κ1) is 28.0. The Balaban J connectivity index is 2.41. The molecule has 0 saturated carbocycles. The molecule has 35 heavy (non-hydrogen) atoms. The normalized spacial score (nSPS) is 11.3. The first-order valence-electron chi connectivity index (χ1n) is 10.2. The van der Waals surface area contributed by atoms with Gasteiger partial charge in [-0.25, -0.2) is 0 Å². The van der Waals surface area contributed by atoms with Gasteiger partial charge in [0.15, 0.2) is 11.7 Å². The largest absolute Gasteiger partial charge is 0.428 e. The minimum Gasteiger partial charge on any atom is -0.428 e. The Kier molecular flexibility index (Phi) is 10.9. The molecule has 0 aromatic heterocycles. The van der Waals surface area contributed by atoms with Crippen molar-refractivity contribution in [2.75, 3.05) is 13.6 Å². The molecule has 9 nitrogen and oxygen atoms in total. The highest BCUT2D eigenvalue weighted by Gasteiger charge is 2.40. The van der Waals surface area contributed by atoms with Crippen LogP contribution in [0.5, 0.6) is 0 Å². The van der Waals surface area contributed by atoms with Crippen molar-refractivity contribution in [1.29, 1.82) is 0 Å². The lowest BCUT2D eigenvalue weighted by Gasteiger charge is -2.24. The second-order valence-corrected chi connectivity index (χ2v) is 8.56. The summed E-state index contributed by atoms with van der Waals surface area (Å²) in [4.78, 5) is 61.0. The molecule has 0 heterocycles. The molecule has 186 valence electrons. The van der Waals surface area contributed by atoms with Crippen LogP contribution in [0, 0.1) is 5.92 Å². The topological polar surface area (TPSA) is 122 Å². The average molecular weight is 570 g/mol. The van der Waals surface area contributed by atoms with E-state index in [-0.39, 0.29) is 12.2 Å². The Labute approximate surface area is 214 Å². The molecular formula is C24H22BrClO9. The van der Waals surface area contributed by atoms with E-state index < -0.39 is 49.3 Å². The van der Waals surface area contributed by atoms with Gasteiger partial charge in [0.1, 0.15) is 0 Å². The standard InChI is InChI=1S/C24H22BrClO9/c1-14(27)32-12-34-23(30)22(24(31)35-13-33-15(2)28)20(16-5-9-19(26)10-6-16)11-21(29)17-3-7-18(25)8-4-17/h3-10,20,22H,11-13H2,1-2H3. The molecule has 11 heteroatoms. The summed E-state index contributed by atoms with van der Waals surface area (Å²) < 4.78 is 19.9. The van der Waals surface area contributed by atoms with Crippen molar-refractivity contribution in [3.05, 3.63) is 69.2 Å². The van der Waals surface area contributed by atoms with Gasteiger partial charge in [-0.15, -0.1) is 0 Å². The Morgan fingerprint density at radius 3 is 1.71 bits per heavy atom. The van der Waals surface area contributed by atoms with E-state index in [1.807, 2.05) is 0 Å². The summed E-state index contributed by atoms with van der Waals surface area (Å²) in [5.41, 5.74) is 0.784. The lowest BCUT2D eigenvalue weighted by atomic mass is 9.81. The SMILES string of the molecule is CC(=O)OCOC(=O)C(C(=O)OCOC(C)=O)C(CC(=O)c1ccc(Br)cc1)c1ccc(Cl)cc1. The van der Waals surface area contributed by atoms with Gasteiger partial charge in [0.2, 0.25) is 13.6 Å². The summed E-state index contributed by atoms with van der Waals surface area (Å²) in [5, 5.41) is 0.401. The average Bonchev–Trinajstić information content (AvgIpc) is 2.79. The molecule has 2 rings (SSSR count). The van der Waals surface area contributed by atoms with Gasteiger partial charge in [-0.1, -0.05) is 51.8 Å². The fourth-order valence-corrected chi connectivity index (χ4v) is 3.43. The highest BCUT2D eigenvalue weighted by atomic mass is 79.9. The molecule has 1 atom stereocenters. The Bertz CT molecular complexity index is 1040. The quantitative estimate of drug-likeness (QED) is 0.169. The van der Waals surface area contributed by atoms with Crippen LogP contribution in [-0.4, -0.2) is 43.2 Å². The molecule has 0 aliphatic heterocycles. The lowest BCUT2D eigenvalue weighted by Crippen LogP contribution is -2.35. The maximum atomic E-state index is 13.1. The fourth-order valence-electron chi connectivity index (χ4n) is 3.04. The van der Waals surface area contributed by atoms with Gasteiger partial charge in [-0.2, -0.15) is 0 Å². The summed E-state index contributed by atoms with van der Waals surface area (Å²) in [6, 6.07) is 12.8. The van der Waals surface area contributed by atoms with Crippen molar-refractivity contribution in [3.8, 4) is 0 Å². The third-order valence-electron chi connectivity index (χ3n) is 4.71. The molecule has 1 unspecified atom stereocenters. The number of ketones is 1. The zero-order valence-corrected chi connectivity index (χ0v) is 21.2. The summed E-state index contributed by atoms with van der Waals surface area (Å²) >= 11 is 9.28. The van der Waals surface area contributed by atoms with Crippen LogP contribution in [0.15, 0.2) is 53.0 Å². The van der Waals surface area contributed by atoms with E-state index in [1.165, 1.54) is 0 Å². The number of hydrogen-bond acceptors (Lipinski definition) is 9. The second kappa shape index (κ2) is 13.6. The minimum atomic E-state index is -1.65. The van der Waals surface area contributed by atoms with E-state index in [0.29, 0.717) is 16.1 Å². The van der Waals surface area contributed by atoms with Crippen LogP contribution in [0.2, 0.25) is 5.02 Å². The Morgan fingerprint density at radius 1 is 0.771 bits per heavy atom. The molecule has 0 bridgehead atoms. The summed E-state index contributed by atoms with van der Waals surface area (Å²) in [5.74, 6) is -6.65. The molecule has 0 aliphatic carbocycles. The predicted molar refractivity (Wildman–Crippen MR) is 126 cm³/mol. The number of carbonyl (C=O) groups excluding carboxylic acids is 5. The predicted octanol–water partition coefficient (Wildman–Crippen LogP) is 4.20. The van der Waals surface area contributed by atoms with E-state index in [9.17, 15) is 24.0 Å². The maximum Gasteiger partial charge on any atom is 0.323 e. The van der Waals surface area contributed by atoms with E-state index in [2.05, 4.69) is 25.4 Å². The third-order valence-corrected chi connectivity index (χ3v) is 5.49. The third kappa shape index (κ3) is 9.14. The molecule has 0 spiro atoms. The van der Waals surface area contributed by atoms with Crippen LogP contribution in [0.4, 0.5) is 0 Å². The molecule has 0 amide bonds. The van der Waals surface area contributed by atoms with Crippen LogP contribution < -0.4 is 0 Å². The van der Waals surface area contributed by atoms with Gasteiger partial charge in [0, 0.05) is 41.2 Å². The first-order chi connectivity index (χ1) is 16.6. The van der Waals surface area contributed by atoms with Gasteiger partial charge in [-0.05, 0) is 29.8 Å². The van der Waals surface area contributed by atoms with Crippen LogP contribution >= 0.6 is 27.5 Å². The number of halogens is 2. The number of ether oxygens (including phenoxy) is 4. The summed E-state index contributed by atoms with van der Waals surface area (Å²) in [6.45, 7) is 0.754. The minimum absolute atomic E-state index is 0.279.